The molecule has 108 valence electrons. The molecule has 0 saturated heterocycles. The third-order valence-electron chi connectivity index (χ3n) is 5.28. The van der Waals surface area contributed by atoms with Crippen LogP contribution in [0.5, 0.6) is 0 Å². The third kappa shape index (κ3) is 1.91. The Morgan fingerprint density at radius 3 is 2.23 bits per heavy atom. The highest BCUT2D eigenvalue weighted by Gasteiger charge is 2.42. The van der Waals surface area contributed by atoms with Crippen LogP contribution in [0.4, 0.5) is 0 Å². The lowest BCUT2D eigenvalue weighted by Gasteiger charge is -2.40. The van der Waals surface area contributed by atoms with E-state index in [1.807, 2.05) is 0 Å². The Bertz CT molecular complexity index is 752. The van der Waals surface area contributed by atoms with E-state index in [1.54, 1.807) is 0 Å². The second kappa shape index (κ2) is 5.14. The van der Waals surface area contributed by atoms with Gasteiger partial charge in [-0.25, -0.2) is 0 Å². The van der Waals surface area contributed by atoms with Gasteiger partial charge in [-0.1, -0.05) is 98.0 Å². The van der Waals surface area contributed by atoms with Gasteiger partial charge in [0.1, 0.15) is 0 Å². The van der Waals surface area contributed by atoms with E-state index in [4.69, 9.17) is 0 Å². The number of allylic oxidation sites excluding steroid dienone is 5. The van der Waals surface area contributed by atoms with Crippen LogP contribution in [0, 0.1) is 5.92 Å². The Hall–Kier alpha value is -2.34. The molecule has 0 amide bonds. The Morgan fingerprint density at radius 2 is 1.45 bits per heavy atom. The fraction of sp³-hybridized carbons (Fsp3) is 0.182. The summed E-state index contributed by atoms with van der Waals surface area (Å²) >= 11 is 0. The molecule has 2 unspecified atom stereocenters. The van der Waals surface area contributed by atoms with Gasteiger partial charge in [-0.05, 0) is 16.7 Å². The maximum atomic E-state index is 2.41. The highest BCUT2D eigenvalue weighted by atomic mass is 14.4. The Morgan fingerprint density at radius 1 is 0.773 bits per heavy atom. The molecule has 0 spiro atoms. The zero-order valence-corrected chi connectivity index (χ0v) is 12.8. The monoisotopic (exact) mass is 284 g/mol. The predicted molar refractivity (Wildman–Crippen MR) is 93.8 cm³/mol. The summed E-state index contributed by atoms with van der Waals surface area (Å²) in [6.07, 6.45) is 13.7. The zero-order chi connectivity index (χ0) is 15.0. The molecule has 0 bridgehead atoms. The predicted octanol–water partition coefficient (Wildman–Crippen LogP) is 5.50. The Balaban J connectivity index is 1.88. The minimum atomic E-state index is 0.0356. The Kier molecular flexibility index (Phi) is 3.11. The summed E-state index contributed by atoms with van der Waals surface area (Å²) in [6, 6.07) is 19.7. The lowest BCUT2D eigenvalue weighted by Crippen LogP contribution is -2.35. The molecule has 0 radical (unpaired) electrons. The summed E-state index contributed by atoms with van der Waals surface area (Å²) in [5.74, 6) is 0.833. The molecule has 0 fully saturated rings. The summed E-state index contributed by atoms with van der Waals surface area (Å²) in [7, 11) is 0. The first-order valence-corrected chi connectivity index (χ1v) is 7.98. The lowest BCUT2D eigenvalue weighted by atomic mass is 9.63. The standard InChI is InChI=1S/C22H20/c1-22(19-12-6-7-13-19,18-10-3-2-4-11-18)21-16-15-17-9-5-8-14-20(17)21/h2-16,19,21H,1H3. The second-order valence-electron chi connectivity index (χ2n) is 6.41. The lowest BCUT2D eigenvalue weighted by molar-refractivity contribution is 0.366. The molecule has 2 aromatic carbocycles. The van der Waals surface area contributed by atoms with Crippen LogP contribution in [0.2, 0.25) is 0 Å². The minimum absolute atomic E-state index is 0.0356. The molecule has 0 saturated carbocycles. The first-order chi connectivity index (χ1) is 10.8. The number of fused-ring (bicyclic) bond motifs is 1. The second-order valence-corrected chi connectivity index (χ2v) is 6.41. The average molecular weight is 284 g/mol. The molecule has 4 rings (SSSR count). The van der Waals surface area contributed by atoms with Gasteiger partial charge in [0.05, 0.1) is 0 Å². The third-order valence-corrected chi connectivity index (χ3v) is 5.28. The molecule has 2 atom stereocenters. The first kappa shape index (κ1) is 13.3. The van der Waals surface area contributed by atoms with Crippen LogP contribution in [-0.4, -0.2) is 0 Å². The number of hydrogen-bond acceptors (Lipinski definition) is 0. The molecule has 0 N–H and O–H groups in total. The van der Waals surface area contributed by atoms with Crippen LogP contribution >= 0.6 is 0 Å². The van der Waals surface area contributed by atoms with Crippen molar-refractivity contribution in [1.82, 2.24) is 0 Å². The van der Waals surface area contributed by atoms with E-state index in [1.165, 1.54) is 16.7 Å². The van der Waals surface area contributed by atoms with E-state index in [-0.39, 0.29) is 5.41 Å². The van der Waals surface area contributed by atoms with Crippen LogP contribution in [-0.2, 0) is 5.41 Å². The quantitative estimate of drug-likeness (QED) is 0.698. The number of rotatable bonds is 3. The van der Waals surface area contributed by atoms with Crippen LogP contribution in [0.15, 0.2) is 85.0 Å². The van der Waals surface area contributed by atoms with Crippen LogP contribution < -0.4 is 0 Å². The van der Waals surface area contributed by atoms with Crippen molar-refractivity contribution in [3.8, 4) is 0 Å². The minimum Gasteiger partial charge on any atom is -0.0767 e. The maximum Gasteiger partial charge on any atom is 0.0130 e. The highest BCUT2D eigenvalue weighted by Crippen LogP contribution is 2.50. The fourth-order valence-electron chi connectivity index (χ4n) is 3.98. The van der Waals surface area contributed by atoms with E-state index in [0.29, 0.717) is 11.8 Å². The molecule has 2 aromatic rings. The Labute approximate surface area is 132 Å². The van der Waals surface area contributed by atoms with Crippen molar-refractivity contribution in [2.75, 3.05) is 0 Å². The zero-order valence-electron chi connectivity index (χ0n) is 12.8. The van der Waals surface area contributed by atoms with Gasteiger partial charge in [-0.3, -0.25) is 0 Å². The van der Waals surface area contributed by atoms with E-state index < -0.39 is 0 Å². The van der Waals surface area contributed by atoms with Gasteiger partial charge in [0, 0.05) is 17.3 Å². The highest BCUT2D eigenvalue weighted by molar-refractivity contribution is 5.64. The van der Waals surface area contributed by atoms with Crippen molar-refractivity contribution in [3.05, 3.63) is 102 Å². The summed E-state index contributed by atoms with van der Waals surface area (Å²) in [4.78, 5) is 0. The topological polar surface area (TPSA) is 0 Å². The van der Waals surface area contributed by atoms with E-state index in [0.717, 1.165) is 0 Å². The van der Waals surface area contributed by atoms with Crippen molar-refractivity contribution in [1.29, 1.82) is 0 Å². The molecule has 0 aliphatic heterocycles. The summed E-state index contributed by atoms with van der Waals surface area (Å²) in [5.41, 5.74) is 4.25. The van der Waals surface area contributed by atoms with Crippen molar-refractivity contribution in [3.63, 3.8) is 0 Å². The molecule has 0 heterocycles. The smallest absolute Gasteiger partial charge is 0.0130 e. The molecule has 2 aliphatic carbocycles. The van der Waals surface area contributed by atoms with Crippen molar-refractivity contribution in [2.45, 2.75) is 18.3 Å². The van der Waals surface area contributed by atoms with Crippen LogP contribution in [0.3, 0.4) is 0 Å². The van der Waals surface area contributed by atoms with Gasteiger partial charge in [0.2, 0.25) is 0 Å². The van der Waals surface area contributed by atoms with Gasteiger partial charge < -0.3 is 0 Å². The van der Waals surface area contributed by atoms with E-state index in [9.17, 15) is 0 Å². The molecule has 2 aliphatic rings. The van der Waals surface area contributed by atoms with Gasteiger partial charge in [-0.2, -0.15) is 0 Å². The molecular weight excluding hydrogens is 264 g/mol. The molecular formula is C22H20. The molecule has 22 heavy (non-hydrogen) atoms. The van der Waals surface area contributed by atoms with E-state index >= 15 is 0 Å². The van der Waals surface area contributed by atoms with Crippen molar-refractivity contribution < 1.29 is 0 Å². The first-order valence-electron chi connectivity index (χ1n) is 7.98. The number of hydrogen-bond donors (Lipinski definition) is 0. The van der Waals surface area contributed by atoms with Crippen molar-refractivity contribution in [2.24, 2.45) is 5.92 Å². The summed E-state index contributed by atoms with van der Waals surface area (Å²) < 4.78 is 0. The van der Waals surface area contributed by atoms with Gasteiger partial charge >= 0.3 is 0 Å². The SMILES string of the molecule is CC(c1ccccc1)(C1C=CC=C1)C1C=Cc2ccccc21. The largest absolute Gasteiger partial charge is 0.0767 e. The van der Waals surface area contributed by atoms with Crippen LogP contribution in [0.25, 0.3) is 6.08 Å². The normalized spacial score (nSPS) is 22.0. The molecule has 0 aromatic heterocycles. The number of benzene rings is 2. The van der Waals surface area contributed by atoms with Gasteiger partial charge in [0.15, 0.2) is 0 Å². The van der Waals surface area contributed by atoms with E-state index in [2.05, 4.69) is 98.0 Å². The van der Waals surface area contributed by atoms with Gasteiger partial charge in [0.25, 0.3) is 0 Å². The van der Waals surface area contributed by atoms with Crippen molar-refractivity contribution >= 4 is 6.08 Å². The summed E-state index contributed by atoms with van der Waals surface area (Å²) in [6.45, 7) is 2.41. The fourth-order valence-corrected chi connectivity index (χ4v) is 3.98. The molecule has 0 nitrogen and oxygen atoms in total. The average Bonchev–Trinajstić information content (AvgIpc) is 3.25. The molecule has 0 heteroatoms. The maximum absolute atomic E-state index is 2.41. The summed E-state index contributed by atoms with van der Waals surface area (Å²) in [5, 5.41) is 0. The van der Waals surface area contributed by atoms with Crippen LogP contribution in [0.1, 0.15) is 29.5 Å². The van der Waals surface area contributed by atoms with Gasteiger partial charge in [-0.15, -0.1) is 0 Å².